The van der Waals surface area contributed by atoms with Crippen molar-refractivity contribution < 1.29 is 4.74 Å². The van der Waals surface area contributed by atoms with Crippen LogP contribution in [0.15, 0.2) is 0 Å². The van der Waals surface area contributed by atoms with Crippen LogP contribution < -0.4 is 15.4 Å². The highest BCUT2D eigenvalue weighted by atomic mass is 16.5. The predicted octanol–water partition coefficient (Wildman–Crippen LogP) is 0.909. The van der Waals surface area contributed by atoms with Gasteiger partial charge in [-0.25, -0.2) is 4.98 Å². The molecule has 0 saturated heterocycles. The number of ether oxygens (including phenoxy) is 1. The van der Waals surface area contributed by atoms with Crippen molar-refractivity contribution in [3.05, 3.63) is 11.3 Å². The Labute approximate surface area is 89.3 Å². The topological polar surface area (TPSA) is 59.1 Å². The molecule has 0 unspecified atom stereocenters. The molecule has 5 heteroatoms. The number of rotatable bonds is 3. The number of anilines is 1. The van der Waals surface area contributed by atoms with Crippen LogP contribution in [0.5, 0.6) is 5.88 Å². The molecule has 0 spiro atoms. The zero-order chi connectivity index (χ0) is 10.8. The Kier molecular flexibility index (Phi) is 2.73. The number of hydrogen-bond acceptors (Lipinski definition) is 5. The van der Waals surface area contributed by atoms with Gasteiger partial charge in [0.05, 0.1) is 18.4 Å². The molecule has 0 bridgehead atoms. The van der Waals surface area contributed by atoms with Crippen molar-refractivity contribution in [3.63, 3.8) is 0 Å². The van der Waals surface area contributed by atoms with E-state index in [9.17, 15) is 0 Å². The Bertz CT molecular complexity index is 365. The van der Waals surface area contributed by atoms with Gasteiger partial charge in [0, 0.05) is 19.1 Å². The van der Waals surface area contributed by atoms with Gasteiger partial charge in [-0.15, -0.1) is 0 Å². The molecule has 15 heavy (non-hydrogen) atoms. The van der Waals surface area contributed by atoms with Crippen molar-refractivity contribution in [1.82, 2.24) is 15.3 Å². The molecule has 5 nitrogen and oxygen atoms in total. The fourth-order valence-corrected chi connectivity index (χ4v) is 1.63. The van der Waals surface area contributed by atoms with Crippen LogP contribution in [0.3, 0.4) is 0 Å². The van der Waals surface area contributed by atoms with Crippen LogP contribution in [0, 0.1) is 0 Å². The van der Waals surface area contributed by atoms with Crippen molar-refractivity contribution in [2.24, 2.45) is 0 Å². The monoisotopic (exact) mass is 208 g/mol. The minimum absolute atomic E-state index is 0.321. The van der Waals surface area contributed by atoms with Gasteiger partial charge in [-0.1, -0.05) is 0 Å². The number of nitrogens with one attached hydrogen (secondary N) is 2. The molecule has 0 amide bonds. The molecular formula is C10H16N4O. The first-order valence-electron chi connectivity index (χ1n) is 5.11. The summed E-state index contributed by atoms with van der Waals surface area (Å²) < 4.78 is 5.25. The SMILES string of the molecule is COc1nc(NC(C)C)nc2c1CNC2. The fourth-order valence-electron chi connectivity index (χ4n) is 1.63. The third-order valence-corrected chi connectivity index (χ3v) is 2.26. The normalized spacial score (nSPS) is 14.1. The molecule has 0 aromatic carbocycles. The van der Waals surface area contributed by atoms with E-state index in [4.69, 9.17) is 4.74 Å². The van der Waals surface area contributed by atoms with E-state index in [0.29, 0.717) is 17.9 Å². The van der Waals surface area contributed by atoms with Gasteiger partial charge in [0.15, 0.2) is 0 Å². The molecule has 2 rings (SSSR count). The molecule has 0 saturated carbocycles. The highest BCUT2D eigenvalue weighted by Gasteiger charge is 2.19. The first kappa shape index (κ1) is 10.2. The molecule has 0 fully saturated rings. The Morgan fingerprint density at radius 2 is 2.13 bits per heavy atom. The van der Waals surface area contributed by atoms with E-state index in [2.05, 4.69) is 34.4 Å². The molecular weight excluding hydrogens is 192 g/mol. The summed E-state index contributed by atoms with van der Waals surface area (Å²) in [6.07, 6.45) is 0. The number of hydrogen-bond donors (Lipinski definition) is 2. The summed E-state index contributed by atoms with van der Waals surface area (Å²) >= 11 is 0. The summed E-state index contributed by atoms with van der Waals surface area (Å²) in [4.78, 5) is 8.76. The number of nitrogens with zero attached hydrogens (tertiary/aromatic N) is 2. The van der Waals surface area contributed by atoms with Gasteiger partial charge in [0.1, 0.15) is 0 Å². The fraction of sp³-hybridized carbons (Fsp3) is 0.600. The highest BCUT2D eigenvalue weighted by molar-refractivity contribution is 5.40. The second-order valence-electron chi connectivity index (χ2n) is 3.88. The van der Waals surface area contributed by atoms with E-state index in [0.717, 1.165) is 24.3 Å². The van der Waals surface area contributed by atoms with Crippen molar-refractivity contribution >= 4 is 5.95 Å². The average Bonchev–Trinajstić information content (AvgIpc) is 2.63. The van der Waals surface area contributed by atoms with Gasteiger partial charge in [-0.3, -0.25) is 0 Å². The smallest absolute Gasteiger partial charge is 0.226 e. The maximum absolute atomic E-state index is 5.25. The summed E-state index contributed by atoms with van der Waals surface area (Å²) in [6, 6.07) is 0.321. The molecule has 1 aliphatic heterocycles. The lowest BCUT2D eigenvalue weighted by Crippen LogP contribution is -2.14. The van der Waals surface area contributed by atoms with Crippen LogP contribution >= 0.6 is 0 Å². The standard InChI is InChI=1S/C10H16N4O/c1-6(2)12-10-13-8-5-11-4-7(8)9(14-10)15-3/h6,11H,4-5H2,1-3H3,(H,12,13,14). The van der Waals surface area contributed by atoms with Crippen LogP contribution in [0.2, 0.25) is 0 Å². The predicted molar refractivity (Wildman–Crippen MR) is 57.9 cm³/mol. The molecule has 0 aliphatic carbocycles. The summed E-state index contributed by atoms with van der Waals surface area (Å²) in [5, 5.41) is 6.41. The second-order valence-corrected chi connectivity index (χ2v) is 3.88. The minimum atomic E-state index is 0.321. The lowest BCUT2D eigenvalue weighted by atomic mass is 10.2. The molecule has 2 N–H and O–H groups in total. The molecule has 0 radical (unpaired) electrons. The van der Waals surface area contributed by atoms with E-state index in [1.807, 2.05) is 0 Å². The van der Waals surface area contributed by atoms with Gasteiger partial charge >= 0.3 is 0 Å². The second kappa shape index (κ2) is 4.02. The Balaban J connectivity index is 2.34. The Morgan fingerprint density at radius 1 is 1.33 bits per heavy atom. The minimum Gasteiger partial charge on any atom is -0.481 e. The molecule has 82 valence electrons. The molecule has 1 aliphatic rings. The van der Waals surface area contributed by atoms with Crippen LogP contribution in [-0.2, 0) is 13.1 Å². The molecule has 1 aromatic rings. The van der Waals surface area contributed by atoms with Crippen molar-refractivity contribution in [3.8, 4) is 5.88 Å². The largest absolute Gasteiger partial charge is 0.481 e. The maximum atomic E-state index is 5.25. The Hall–Kier alpha value is -1.36. The number of aromatic nitrogens is 2. The van der Waals surface area contributed by atoms with Crippen LogP contribution in [-0.4, -0.2) is 23.1 Å². The Morgan fingerprint density at radius 3 is 2.80 bits per heavy atom. The van der Waals surface area contributed by atoms with Crippen LogP contribution in [0.4, 0.5) is 5.95 Å². The first-order chi connectivity index (χ1) is 7.20. The van der Waals surface area contributed by atoms with E-state index in [-0.39, 0.29) is 0 Å². The quantitative estimate of drug-likeness (QED) is 0.773. The summed E-state index contributed by atoms with van der Waals surface area (Å²) in [5.41, 5.74) is 2.11. The lowest BCUT2D eigenvalue weighted by molar-refractivity contribution is 0.392. The van der Waals surface area contributed by atoms with Gasteiger partial charge in [-0.05, 0) is 13.8 Å². The highest BCUT2D eigenvalue weighted by Crippen LogP contribution is 2.24. The van der Waals surface area contributed by atoms with E-state index in [1.54, 1.807) is 7.11 Å². The van der Waals surface area contributed by atoms with Crippen LogP contribution in [0.25, 0.3) is 0 Å². The summed E-state index contributed by atoms with van der Waals surface area (Å²) in [6.45, 7) is 5.70. The third-order valence-electron chi connectivity index (χ3n) is 2.26. The van der Waals surface area contributed by atoms with Crippen molar-refractivity contribution in [2.75, 3.05) is 12.4 Å². The van der Waals surface area contributed by atoms with Crippen molar-refractivity contribution in [2.45, 2.75) is 33.0 Å². The lowest BCUT2D eigenvalue weighted by Gasteiger charge is -2.11. The van der Waals surface area contributed by atoms with E-state index >= 15 is 0 Å². The molecule has 0 atom stereocenters. The van der Waals surface area contributed by atoms with E-state index < -0.39 is 0 Å². The zero-order valence-electron chi connectivity index (χ0n) is 9.29. The van der Waals surface area contributed by atoms with Gasteiger partial charge in [0.25, 0.3) is 0 Å². The maximum Gasteiger partial charge on any atom is 0.226 e. The van der Waals surface area contributed by atoms with Crippen LogP contribution in [0.1, 0.15) is 25.1 Å². The zero-order valence-corrected chi connectivity index (χ0v) is 9.29. The number of methoxy groups -OCH3 is 1. The van der Waals surface area contributed by atoms with Gasteiger partial charge in [-0.2, -0.15) is 4.98 Å². The summed E-state index contributed by atoms with van der Waals surface area (Å²) in [5.74, 6) is 1.32. The van der Waals surface area contributed by atoms with Gasteiger partial charge in [0.2, 0.25) is 11.8 Å². The first-order valence-corrected chi connectivity index (χ1v) is 5.11. The average molecular weight is 208 g/mol. The van der Waals surface area contributed by atoms with E-state index in [1.165, 1.54) is 0 Å². The molecule has 1 aromatic heterocycles. The summed E-state index contributed by atoms with van der Waals surface area (Å²) in [7, 11) is 1.64. The molecule has 2 heterocycles. The van der Waals surface area contributed by atoms with Crippen molar-refractivity contribution in [1.29, 1.82) is 0 Å². The van der Waals surface area contributed by atoms with Gasteiger partial charge < -0.3 is 15.4 Å². The number of fused-ring (bicyclic) bond motifs is 1. The third kappa shape index (κ3) is 2.02.